The van der Waals surface area contributed by atoms with Crippen molar-refractivity contribution in [2.24, 2.45) is 0 Å². The number of ether oxygens (including phenoxy) is 2. The number of hydrogen-bond donors (Lipinski definition) is 0. The number of hydrogen-bond acceptors (Lipinski definition) is 7. The van der Waals surface area contributed by atoms with E-state index < -0.39 is 0 Å². The van der Waals surface area contributed by atoms with E-state index in [-0.39, 0.29) is 11.5 Å². The Hall–Kier alpha value is -2.26. The van der Waals surface area contributed by atoms with Crippen LogP contribution in [0.5, 0.6) is 0 Å². The molecular weight excluding hydrogens is 338 g/mol. The molecule has 26 heavy (non-hydrogen) atoms. The van der Waals surface area contributed by atoms with E-state index in [1.165, 1.54) is 0 Å². The van der Waals surface area contributed by atoms with Crippen LogP contribution in [0.25, 0.3) is 0 Å². The zero-order chi connectivity index (χ0) is 18.3. The molecule has 0 N–H and O–H groups in total. The molecule has 2 aromatic rings. The second-order valence-corrected chi connectivity index (χ2v) is 7.04. The SMILES string of the molecule is COCc1nnn2c1COC1(CCN(C(=O)c3c(C)noc3C)CC1)C2. The normalized spacial score (nSPS) is 19.0. The lowest BCUT2D eigenvalue weighted by Crippen LogP contribution is -2.52. The molecule has 0 bridgehead atoms. The Morgan fingerprint density at radius 3 is 2.73 bits per heavy atom. The summed E-state index contributed by atoms with van der Waals surface area (Å²) >= 11 is 0. The quantitative estimate of drug-likeness (QED) is 0.811. The van der Waals surface area contributed by atoms with Crippen LogP contribution < -0.4 is 0 Å². The highest BCUT2D eigenvalue weighted by molar-refractivity contribution is 5.96. The van der Waals surface area contributed by atoms with Crippen LogP contribution >= 0.6 is 0 Å². The summed E-state index contributed by atoms with van der Waals surface area (Å²) in [4.78, 5) is 14.6. The van der Waals surface area contributed by atoms with Crippen molar-refractivity contribution >= 4 is 5.91 Å². The number of amides is 1. The van der Waals surface area contributed by atoms with Crippen molar-refractivity contribution < 1.29 is 18.8 Å². The number of likely N-dealkylation sites (tertiary alicyclic amines) is 1. The third-order valence-corrected chi connectivity index (χ3v) is 5.36. The highest BCUT2D eigenvalue weighted by Gasteiger charge is 2.42. The Morgan fingerprint density at radius 2 is 2.08 bits per heavy atom. The average Bonchev–Trinajstić information content (AvgIpc) is 3.18. The lowest BCUT2D eigenvalue weighted by Gasteiger charge is -2.43. The number of piperidine rings is 1. The van der Waals surface area contributed by atoms with Gasteiger partial charge in [0.05, 0.1) is 36.7 Å². The highest BCUT2D eigenvalue weighted by Crippen LogP contribution is 2.34. The molecule has 1 amide bonds. The van der Waals surface area contributed by atoms with Gasteiger partial charge in [0.25, 0.3) is 5.91 Å². The molecule has 1 fully saturated rings. The fourth-order valence-corrected chi connectivity index (χ4v) is 3.81. The molecule has 140 valence electrons. The van der Waals surface area contributed by atoms with Crippen LogP contribution in [0.4, 0.5) is 0 Å². The minimum atomic E-state index is -0.291. The molecule has 1 spiro atoms. The fraction of sp³-hybridized carbons (Fsp3) is 0.647. The number of carbonyl (C=O) groups excluding carboxylic acids is 1. The van der Waals surface area contributed by atoms with Crippen LogP contribution in [-0.2, 0) is 29.2 Å². The number of aromatic nitrogens is 4. The Balaban J connectivity index is 1.44. The van der Waals surface area contributed by atoms with E-state index in [1.807, 2.05) is 9.58 Å². The third-order valence-electron chi connectivity index (χ3n) is 5.36. The van der Waals surface area contributed by atoms with Crippen molar-refractivity contribution in [1.29, 1.82) is 0 Å². The zero-order valence-corrected chi connectivity index (χ0v) is 15.3. The van der Waals surface area contributed by atoms with Crippen molar-refractivity contribution in [2.45, 2.75) is 52.0 Å². The van der Waals surface area contributed by atoms with Crippen molar-refractivity contribution in [1.82, 2.24) is 25.1 Å². The standard InChI is InChI=1S/C17H23N5O4/c1-11-15(12(2)26-19-11)16(23)21-6-4-17(5-7-21)10-22-14(9-25-17)13(8-24-3)18-20-22/h4-10H2,1-3H3. The monoisotopic (exact) mass is 361 g/mol. The summed E-state index contributed by atoms with van der Waals surface area (Å²) in [6.45, 7) is 6.41. The minimum absolute atomic E-state index is 0.0178. The molecule has 2 aliphatic rings. The molecule has 0 aromatic carbocycles. The summed E-state index contributed by atoms with van der Waals surface area (Å²) in [6.07, 6.45) is 1.53. The smallest absolute Gasteiger partial charge is 0.259 e. The fourth-order valence-electron chi connectivity index (χ4n) is 3.81. The van der Waals surface area contributed by atoms with Crippen LogP contribution in [0.3, 0.4) is 0 Å². The summed E-state index contributed by atoms with van der Waals surface area (Å²) in [5.41, 5.74) is 2.73. The van der Waals surface area contributed by atoms with E-state index in [9.17, 15) is 4.79 Å². The number of nitrogens with zero attached hydrogens (tertiary/aromatic N) is 5. The molecule has 0 atom stereocenters. The summed E-state index contributed by atoms with van der Waals surface area (Å²) in [7, 11) is 1.64. The Kier molecular flexibility index (Phi) is 4.28. The van der Waals surface area contributed by atoms with Crippen molar-refractivity contribution in [3.8, 4) is 0 Å². The molecule has 0 radical (unpaired) electrons. The maximum Gasteiger partial charge on any atom is 0.259 e. The predicted molar refractivity (Wildman–Crippen MR) is 89.4 cm³/mol. The summed E-state index contributed by atoms with van der Waals surface area (Å²) < 4.78 is 18.4. The van der Waals surface area contributed by atoms with Gasteiger partial charge in [0, 0.05) is 20.2 Å². The Morgan fingerprint density at radius 1 is 1.31 bits per heavy atom. The molecular formula is C17H23N5O4. The van der Waals surface area contributed by atoms with Gasteiger partial charge in [0.1, 0.15) is 17.0 Å². The first-order valence-electron chi connectivity index (χ1n) is 8.79. The van der Waals surface area contributed by atoms with Crippen LogP contribution in [-0.4, -0.2) is 56.8 Å². The lowest BCUT2D eigenvalue weighted by molar-refractivity contribution is -0.120. The lowest BCUT2D eigenvalue weighted by atomic mass is 9.89. The molecule has 9 heteroatoms. The third kappa shape index (κ3) is 2.80. The van der Waals surface area contributed by atoms with E-state index >= 15 is 0 Å². The molecule has 4 heterocycles. The van der Waals surface area contributed by atoms with E-state index in [0.717, 1.165) is 24.2 Å². The van der Waals surface area contributed by atoms with E-state index in [2.05, 4.69) is 15.5 Å². The van der Waals surface area contributed by atoms with Gasteiger partial charge in [-0.3, -0.25) is 4.79 Å². The van der Waals surface area contributed by atoms with Gasteiger partial charge in [-0.25, -0.2) is 4.68 Å². The molecule has 2 aliphatic heterocycles. The van der Waals surface area contributed by atoms with Crippen LogP contribution in [0, 0.1) is 13.8 Å². The first-order valence-corrected chi connectivity index (χ1v) is 8.79. The van der Waals surface area contributed by atoms with Gasteiger partial charge in [-0.05, 0) is 26.7 Å². The Labute approximate surface area is 151 Å². The number of fused-ring (bicyclic) bond motifs is 1. The maximum atomic E-state index is 12.8. The molecule has 4 rings (SSSR count). The van der Waals surface area contributed by atoms with Gasteiger partial charge in [0.15, 0.2) is 0 Å². The van der Waals surface area contributed by atoms with Gasteiger partial charge in [0.2, 0.25) is 0 Å². The van der Waals surface area contributed by atoms with Gasteiger partial charge in [-0.15, -0.1) is 5.10 Å². The molecule has 2 aromatic heterocycles. The second-order valence-electron chi connectivity index (χ2n) is 7.04. The number of methoxy groups -OCH3 is 1. The van der Waals surface area contributed by atoms with Crippen molar-refractivity contribution in [3.05, 3.63) is 28.4 Å². The predicted octanol–water partition coefficient (Wildman–Crippen LogP) is 1.23. The van der Waals surface area contributed by atoms with Gasteiger partial charge in [-0.1, -0.05) is 10.4 Å². The van der Waals surface area contributed by atoms with Gasteiger partial charge < -0.3 is 18.9 Å². The molecule has 1 saturated heterocycles. The maximum absolute atomic E-state index is 12.8. The molecule has 0 unspecified atom stereocenters. The summed E-state index contributed by atoms with van der Waals surface area (Å²) in [6, 6.07) is 0. The van der Waals surface area contributed by atoms with Crippen LogP contribution in [0.2, 0.25) is 0 Å². The van der Waals surface area contributed by atoms with Crippen LogP contribution in [0.1, 0.15) is 46.0 Å². The van der Waals surface area contributed by atoms with Gasteiger partial charge >= 0.3 is 0 Å². The van der Waals surface area contributed by atoms with Crippen molar-refractivity contribution in [2.75, 3.05) is 20.2 Å². The average molecular weight is 361 g/mol. The van der Waals surface area contributed by atoms with Gasteiger partial charge in [-0.2, -0.15) is 0 Å². The first kappa shape index (κ1) is 17.2. The van der Waals surface area contributed by atoms with E-state index in [1.54, 1.807) is 21.0 Å². The second kappa shape index (κ2) is 6.48. The number of rotatable bonds is 3. The van der Waals surface area contributed by atoms with E-state index in [4.69, 9.17) is 14.0 Å². The highest BCUT2D eigenvalue weighted by atomic mass is 16.5. The zero-order valence-electron chi connectivity index (χ0n) is 15.3. The Bertz CT molecular complexity index is 800. The summed E-state index contributed by atoms with van der Waals surface area (Å²) in [5.74, 6) is 0.551. The summed E-state index contributed by atoms with van der Waals surface area (Å²) in [5, 5.41) is 12.3. The van der Waals surface area contributed by atoms with E-state index in [0.29, 0.717) is 49.9 Å². The minimum Gasteiger partial charge on any atom is -0.378 e. The number of aryl methyl sites for hydroxylation is 2. The molecule has 0 aliphatic carbocycles. The largest absolute Gasteiger partial charge is 0.378 e. The molecule has 0 saturated carbocycles. The molecule has 9 nitrogen and oxygen atoms in total. The number of carbonyl (C=O) groups is 1. The first-order chi connectivity index (χ1) is 12.5. The topological polar surface area (TPSA) is 95.5 Å². The van der Waals surface area contributed by atoms with Crippen molar-refractivity contribution in [3.63, 3.8) is 0 Å². The van der Waals surface area contributed by atoms with Crippen LogP contribution in [0.15, 0.2) is 4.52 Å².